The zero-order valence-electron chi connectivity index (χ0n) is 14.7. The molecule has 0 radical (unpaired) electrons. The highest BCUT2D eigenvalue weighted by Crippen LogP contribution is 2.21. The van der Waals surface area contributed by atoms with Crippen LogP contribution in [0.2, 0.25) is 5.02 Å². The molecule has 1 aromatic rings. The molecule has 0 N–H and O–H groups in total. The van der Waals surface area contributed by atoms with Crippen molar-refractivity contribution in [2.45, 2.75) is 26.1 Å². The van der Waals surface area contributed by atoms with Crippen LogP contribution in [-0.2, 0) is 14.3 Å². The lowest BCUT2D eigenvalue weighted by Crippen LogP contribution is -2.56. The molecule has 0 aromatic heterocycles. The van der Waals surface area contributed by atoms with Crippen LogP contribution in [0.25, 0.3) is 0 Å². The van der Waals surface area contributed by atoms with Crippen molar-refractivity contribution in [3.63, 3.8) is 0 Å². The molecule has 6 nitrogen and oxygen atoms in total. The molecule has 2 heterocycles. The van der Waals surface area contributed by atoms with Gasteiger partial charge in [0.25, 0.3) is 0 Å². The maximum absolute atomic E-state index is 12.6. The van der Waals surface area contributed by atoms with E-state index >= 15 is 0 Å². The summed E-state index contributed by atoms with van der Waals surface area (Å²) < 4.78 is 5.63. The Balaban J connectivity index is 1.57. The Morgan fingerprint density at radius 3 is 2.20 bits per heavy atom. The van der Waals surface area contributed by atoms with Crippen molar-refractivity contribution in [3.05, 3.63) is 29.3 Å². The Morgan fingerprint density at radius 1 is 1.00 bits per heavy atom. The maximum Gasteiger partial charge on any atom is 0.312 e. The van der Waals surface area contributed by atoms with Gasteiger partial charge in [-0.2, -0.15) is 0 Å². The summed E-state index contributed by atoms with van der Waals surface area (Å²) in [7, 11) is 0. The molecular formula is C18H24ClN3O3. The van der Waals surface area contributed by atoms with Gasteiger partial charge in [0.15, 0.2) is 0 Å². The van der Waals surface area contributed by atoms with E-state index < -0.39 is 11.8 Å². The Bertz CT molecular complexity index is 636. The highest BCUT2D eigenvalue weighted by Gasteiger charge is 2.33. The first-order chi connectivity index (χ1) is 11.9. The van der Waals surface area contributed by atoms with Gasteiger partial charge < -0.3 is 19.4 Å². The zero-order chi connectivity index (χ0) is 18.0. The molecule has 3 rings (SSSR count). The molecule has 2 aliphatic rings. The molecule has 2 fully saturated rings. The molecule has 0 saturated carbocycles. The Labute approximate surface area is 153 Å². The summed E-state index contributed by atoms with van der Waals surface area (Å²) in [6.45, 7) is 7.23. The number of morpholine rings is 1. The van der Waals surface area contributed by atoms with Gasteiger partial charge in [0.1, 0.15) is 0 Å². The summed E-state index contributed by atoms with van der Waals surface area (Å²) in [5, 5.41) is 0.696. The summed E-state index contributed by atoms with van der Waals surface area (Å²) in [6.07, 6.45) is -0.0830. The SMILES string of the molecule is CC1CN(C(=O)C(=O)N2CCN(c3cccc(Cl)c3)CC2)CC(C)O1. The summed E-state index contributed by atoms with van der Waals surface area (Å²) in [5.74, 6) is -0.828. The zero-order valence-corrected chi connectivity index (χ0v) is 15.4. The van der Waals surface area contributed by atoms with Gasteiger partial charge in [-0.25, -0.2) is 0 Å². The first-order valence-electron chi connectivity index (χ1n) is 8.68. The fourth-order valence-corrected chi connectivity index (χ4v) is 3.64. The van der Waals surface area contributed by atoms with Crippen LogP contribution in [0.5, 0.6) is 0 Å². The van der Waals surface area contributed by atoms with Crippen LogP contribution in [0.3, 0.4) is 0 Å². The molecule has 136 valence electrons. The summed E-state index contributed by atoms with van der Waals surface area (Å²) in [4.78, 5) is 30.5. The molecule has 2 saturated heterocycles. The fourth-order valence-electron chi connectivity index (χ4n) is 3.45. The molecule has 0 aliphatic carbocycles. The van der Waals surface area contributed by atoms with E-state index in [9.17, 15) is 9.59 Å². The number of piperazine rings is 1. The number of amides is 2. The standard InChI is InChI=1S/C18H24ClN3O3/c1-13-11-22(12-14(2)25-13)18(24)17(23)21-8-6-20(7-9-21)16-5-3-4-15(19)10-16/h3-5,10,13-14H,6-9,11-12H2,1-2H3. The monoisotopic (exact) mass is 365 g/mol. The van der Waals surface area contributed by atoms with Crippen molar-refractivity contribution >= 4 is 29.1 Å². The molecular weight excluding hydrogens is 342 g/mol. The quantitative estimate of drug-likeness (QED) is 0.710. The average Bonchev–Trinajstić information content (AvgIpc) is 2.60. The molecule has 2 unspecified atom stereocenters. The van der Waals surface area contributed by atoms with E-state index in [1.165, 1.54) is 0 Å². The highest BCUT2D eigenvalue weighted by atomic mass is 35.5. The van der Waals surface area contributed by atoms with Crippen LogP contribution in [0.1, 0.15) is 13.8 Å². The summed E-state index contributed by atoms with van der Waals surface area (Å²) in [5.41, 5.74) is 1.04. The predicted octanol–water partition coefficient (Wildman–Crippen LogP) is 1.62. The average molecular weight is 366 g/mol. The second-order valence-corrected chi connectivity index (χ2v) is 7.16. The topological polar surface area (TPSA) is 53.1 Å². The first kappa shape index (κ1) is 18.0. The van der Waals surface area contributed by atoms with Crippen molar-refractivity contribution in [2.75, 3.05) is 44.2 Å². The number of carbonyl (C=O) groups excluding carboxylic acids is 2. The number of ether oxygens (including phenoxy) is 1. The van der Waals surface area contributed by atoms with E-state index in [1.54, 1.807) is 9.80 Å². The molecule has 0 bridgehead atoms. The van der Waals surface area contributed by atoms with Gasteiger partial charge in [0, 0.05) is 50.0 Å². The minimum absolute atomic E-state index is 0.0415. The van der Waals surface area contributed by atoms with E-state index in [2.05, 4.69) is 4.90 Å². The number of rotatable bonds is 1. The lowest BCUT2D eigenvalue weighted by Gasteiger charge is -2.38. The third-order valence-corrected chi connectivity index (χ3v) is 4.87. The number of carbonyl (C=O) groups is 2. The molecule has 7 heteroatoms. The highest BCUT2D eigenvalue weighted by molar-refractivity contribution is 6.35. The van der Waals surface area contributed by atoms with Gasteiger partial charge in [-0.1, -0.05) is 17.7 Å². The number of anilines is 1. The van der Waals surface area contributed by atoms with Crippen LogP contribution >= 0.6 is 11.6 Å². The lowest BCUT2D eigenvalue weighted by molar-refractivity contribution is -0.158. The van der Waals surface area contributed by atoms with Crippen LogP contribution in [0.15, 0.2) is 24.3 Å². The van der Waals surface area contributed by atoms with E-state index in [0.29, 0.717) is 44.3 Å². The first-order valence-corrected chi connectivity index (χ1v) is 9.06. The van der Waals surface area contributed by atoms with E-state index in [4.69, 9.17) is 16.3 Å². The summed E-state index contributed by atoms with van der Waals surface area (Å²) in [6, 6.07) is 7.68. The minimum atomic E-state index is -0.418. The van der Waals surface area contributed by atoms with Crippen molar-refractivity contribution in [1.82, 2.24) is 9.80 Å². The number of hydrogen-bond donors (Lipinski definition) is 0. The fraction of sp³-hybridized carbons (Fsp3) is 0.556. The Kier molecular flexibility index (Phi) is 5.49. The number of benzene rings is 1. The molecule has 0 spiro atoms. The number of hydrogen-bond acceptors (Lipinski definition) is 4. The third-order valence-electron chi connectivity index (χ3n) is 4.63. The number of nitrogens with zero attached hydrogens (tertiary/aromatic N) is 3. The second-order valence-electron chi connectivity index (χ2n) is 6.73. The van der Waals surface area contributed by atoms with Gasteiger partial charge in [-0.3, -0.25) is 9.59 Å². The molecule has 25 heavy (non-hydrogen) atoms. The van der Waals surface area contributed by atoms with Crippen LogP contribution in [-0.4, -0.2) is 73.1 Å². The van der Waals surface area contributed by atoms with Crippen molar-refractivity contribution in [1.29, 1.82) is 0 Å². The smallest absolute Gasteiger partial charge is 0.312 e. The van der Waals surface area contributed by atoms with Crippen LogP contribution < -0.4 is 4.90 Å². The molecule has 1 aromatic carbocycles. The van der Waals surface area contributed by atoms with Gasteiger partial charge in [0.2, 0.25) is 0 Å². The van der Waals surface area contributed by atoms with Crippen molar-refractivity contribution in [2.24, 2.45) is 0 Å². The Morgan fingerprint density at radius 2 is 1.60 bits per heavy atom. The van der Waals surface area contributed by atoms with E-state index in [-0.39, 0.29) is 12.2 Å². The van der Waals surface area contributed by atoms with Crippen LogP contribution in [0.4, 0.5) is 5.69 Å². The number of halogens is 1. The Hall–Kier alpha value is -1.79. The maximum atomic E-state index is 12.6. The molecule has 2 amide bonds. The van der Waals surface area contributed by atoms with Gasteiger partial charge >= 0.3 is 11.8 Å². The molecule has 2 atom stereocenters. The largest absolute Gasteiger partial charge is 0.372 e. The second kappa shape index (κ2) is 7.62. The summed E-state index contributed by atoms with van der Waals surface area (Å²) >= 11 is 6.04. The van der Waals surface area contributed by atoms with Crippen LogP contribution in [0, 0.1) is 0 Å². The molecule has 2 aliphatic heterocycles. The van der Waals surface area contributed by atoms with Gasteiger partial charge in [0.05, 0.1) is 12.2 Å². The van der Waals surface area contributed by atoms with E-state index in [1.807, 2.05) is 38.1 Å². The van der Waals surface area contributed by atoms with Gasteiger partial charge in [-0.15, -0.1) is 0 Å². The van der Waals surface area contributed by atoms with Gasteiger partial charge in [-0.05, 0) is 32.0 Å². The lowest BCUT2D eigenvalue weighted by atomic mass is 10.2. The van der Waals surface area contributed by atoms with Crippen molar-refractivity contribution < 1.29 is 14.3 Å². The minimum Gasteiger partial charge on any atom is -0.372 e. The van der Waals surface area contributed by atoms with E-state index in [0.717, 1.165) is 5.69 Å². The van der Waals surface area contributed by atoms with Crippen molar-refractivity contribution in [3.8, 4) is 0 Å². The predicted molar refractivity (Wildman–Crippen MR) is 96.8 cm³/mol. The third kappa shape index (κ3) is 4.25. The normalized spacial score (nSPS) is 24.4.